The number of piperazine rings is 1. The van der Waals surface area contributed by atoms with Crippen molar-refractivity contribution in [3.8, 4) is 12.3 Å². The number of nitrogens with one attached hydrogen (secondary N) is 7. The van der Waals surface area contributed by atoms with E-state index in [1.165, 1.54) is 83.2 Å². The van der Waals surface area contributed by atoms with E-state index >= 15 is 0 Å². The highest BCUT2D eigenvalue weighted by molar-refractivity contribution is 7.89. The summed E-state index contributed by atoms with van der Waals surface area (Å²) in [6, 6.07) is 20.0. The lowest BCUT2D eigenvalue weighted by molar-refractivity contribution is -0.128. The number of terminal acetylenes is 1. The highest BCUT2D eigenvalue weighted by Crippen LogP contribution is 2.22. The Morgan fingerprint density at radius 3 is 1.59 bits per heavy atom. The van der Waals surface area contributed by atoms with Gasteiger partial charge in [0.2, 0.25) is 17.7 Å². The molecule has 9 rings (SSSR count). The van der Waals surface area contributed by atoms with Crippen molar-refractivity contribution in [3.05, 3.63) is 60.3 Å². The van der Waals surface area contributed by atoms with Crippen molar-refractivity contribution in [1.29, 1.82) is 0 Å². The third-order valence-electron chi connectivity index (χ3n) is 16.7. The molecule has 26 heteroatoms. The number of amides is 3. The molecule has 534 valence electrons. The minimum absolute atomic E-state index is 0.00463. The maximum atomic E-state index is 10.9. The lowest BCUT2D eigenvalue weighted by Crippen LogP contribution is -2.44. The topological polar surface area (TPSA) is 288 Å². The number of carbonyl (C=O) groups is 3. The van der Waals surface area contributed by atoms with E-state index in [0.717, 1.165) is 136 Å². The van der Waals surface area contributed by atoms with Crippen LogP contribution in [0.5, 0.6) is 0 Å². The fourth-order valence-corrected chi connectivity index (χ4v) is 10.8. The summed E-state index contributed by atoms with van der Waals surface area (Å²) in [6.45, 7) is 21.4. The summed E-state index contributed by atoms with van der Waals surface area (Å²) in [5, 5.41) is 32.3. The van der Waals surface area contributed by atoms with E-state index in [-0.39, 0.29) is 17.7 Å². The van der Waals surface area contributed by atoms with Gasteiger partial charge in [-0.2, -0.15) is 0 Å². The zero-order valence-electron chi connectivity index (χ0n) is 59.1. The Labute approximate surface area is 561 Å². The predicted molar refractivity (Wildman–Crippen MR) is 379 cm³/mol. The van der Waals surface area contributed by atoms with Gasteiger partial charge in [0, 0.05) is 168 Å². The molecule has 3 atom stereocenters. The summed E-state index contributed by atoms with van der Waals surface area (Å²) >= 11 is 0. The van der Waals surface area contributed by atoms with Crippen LogP contribution in [0.25, 0.3) is 0 Å². The van der Waals surface area contributed by atoms with E-state index in [1.54, 1.807) is 21.0 Å². The second kappa shape index (κ2) is 54.2. The Balaban J connectivity index is 0.000000531. The molecular formula is C67H126N16O9S. The number of hydrogen-bond acceptors (Lipinski definition) is 22. The summed E-state index contributed by atoms with van der Waals surface area (Å²) in [5.41, 5.74) is 6.78. The molecule has 3 amide bonds. The summed E-state index contributed by atoms with van der Waals surface area (Å²) in [5.74, 6) is 4.03. The number of likely N-dealkylation sites (tertiary alicyclic amines) is 3. The van der Waals surface area contributed by atoms with E-state index in [9.17, 15) is 22.8 Å². The first-order chi connectivity index (χ1) is 44.7. The molecule has 2 saturated carbocycles. The standard InChI is InChI=1S/C12H18N2.C10H15N3.C9H18N2O2.C9H20N2O.C8H14N2.C7H14N2O2.C7H14N2O.C3H7NO.C2H6O2S/c1-13-12-7-8-14(10-12)9-11-5-3-2-4-6-11;1-12-6-8-13(9-7-12)10-4-2-3-5-11-10;1-10-8-2-4-9(5-3-8)13-7-6-11-12;1-11-8-2-4-9(5-3-8)12-7-6-10;1-3-5-10-6-4-8(7-10)9-2;1-8-7(10)6-9-2-4-11-5-3-9;1-6(10)9-4-3-7(5-9)8-2;1-3(5)4-2;1-5(2,3)4/h2-6,12-13H,7-10H2,1H3;2-5H,6-9H2,1H3;6,8-10,12H,2-5,7H2,1H3;8-9,11H,2-7,10H2,1H3;1,8-9H,4-7H2,2H3;2-6H2,1H3,(H,8,10);7-8H,3-5H2,1-2H3;1-2H3,(H,4,5);1-2H3/b;;11-6+;;;;;;. The third-order valence-corrected chi connectivity index (χ3v) is 16.7. The molecule has 0 bridgehead atoms. The number of sulfone groups is 1. The number of morpholine rings is 1. The normalized spacial score (nSPS) is 23.1. The van der Waals surface area contributed by atoms with E-state index < -0.39 is 9.84 Å². The Kier molecular flexibility index (Phi) is 50.1. The summed E-state index contributed by atoms with van der Waals surface area (Å²) in [7, 11) is 12.8. The van der Waals surface area contributed by atoms with Crippen molar-refractivity contribution in [2.24, 2.45) is 10.9 Å². The van der Waals surface area contributed by atoms with Crippen LogP contribution >= 0.6 is 0 Å². The second-order valence-corrected chi connectivity index (χ2v) is 26.5. The van der Waals surface area contributed by atoms with Crippen LogP contribution in [0.2, 0.25) is 0 Å². The van der Waals surface area contributed by atoms with Gasteiger partial charge in [-0.15, -0.1) is 6.42 Å². The van der Waals surface area contributed by atoms with Gasteiger partial charge < -0.3 is 77.1 Å². The highest BCUT2D eigenvalue weighted by atomic mass is 32.2. The van der Waals surface area contributed by atoms with Crippen LogP contribution in [-0.4, -0.2) is 303 Å². The first kappa shape index (κ1) is 86.1. The maximum absolute atomic E-state index is 10.9. The van der Waals surface area contributed by atoms with Gasteiger partial charge in [-0.25, -0.2) is 13.4 Å². The number of likely N-dealkylation sites (N-methyl/N-ethyl adjacent to an activating group) is 5. The number of anilines is 1. The minimum Gasteiger partial charge on any atom is -0.411 e. The monoisotopic (exact) mass is 1330 g/mol. The van der Waals surface area contributed by atoms with E-state index in [2.05, 4.69) is 128 Å². The molecule has 3 unspecified atom stereocenters. The number of benzene rings is 1. The largest absolute Gasteiger partial charge is 0.411 e. The van der Waals surface area contributed by atoms with Gasteiger partial charge in [0.15, 0.2) is 0 Å². The lowest BCUT2D eigenvalue weighted by atomic mass is 9.93. The van der Waals surface area contributed by atoms with Gasteiger partial charge in [0.05, 0.1) is 57.9 Å². The summed E-state index contributed by atoms with van der Waals surface area (Å²) < 4.78 is 35.5. The van der Waals surface area contributed by atoms with E-state index in [1.807, 2.05) is 51.4 Å². The second-order valence-electron chi connectivity index (χ2n) is 24.3. The molecule has 7 fully saturated rings. The van der Waals surface area contributed by atoms with Crippen LogP contribution < -0.4 is 47.9 Å². The van der Waals surface area contributed by atoms with Crippen molar-refractivity contribution in [2.75, 3.05) is 198 Å². The fourth-order valence-electron chi connectivity index (χ4n) is 10.8. The van der Waals surface area contributed by atoms with Gasteiger partial charge in [0.1, 0.15) is 15.7 Å². The number of pyridine rings is 1. The van der Waals surface area contributed by atoms with E-state index in [0.29, 0.717) is 62.1 Å². The number of nitrogens with two attached hydrogens (primary N) is 1. The number of ether oxygens (including phenoxy) is 3. The number of hydrogen-bond donors (Lipinski definition) is 9. The molecule has 25 nitrogen and oxygen atoms in total. The highest BCUT2D eigenvalue weighted by Gasteiger charge is 2.24. The number of oxime groups is 1. The Morgan fingerprint density at radius 2 is 1.16 bits per heavy atom. The Morgan fingerprint density at radius 1 is 0.667 bits per heavy atom. The molecule has 5 saturated heterocycles. The zero-order chi connectivity index (χ0) is 69.1. The van der Waals surface area contributed by atoms with Crippen molar-refractivity contribution in [1.82, 2.24) is 66.7 Å². The predicted octanol–water partition coefficient (Wildman–Crippen LogP) is 2.02. The lowest BCUT2D eigenvalue weighted by Gasteiger charge is -2.33. The molecule has 0 radical (unpaired) electrons. The van der Waals surface area contributed by atoms with Crippen molar-refractivity contribution in [3.63, 3.8) is 0 Å². The molecule has 2 aliphatic carbocycles. The number of nitrogens with zero attached hydrogens (tertiary/aromatic N) is 8. The van der Waals surface area contributed by atoms with Crippen LogP contribution in [0, 0.1) is 12.3 Å². The summed E-state index contributed by atoms with van der Waals surface area (Å²) in [4.78, 5) is 49.2. The maximum Gasteiger partial charge on any atom is 0.233 e. The molecule has 10 N–H and O–H groups in total. The van der Waals surface area contributed by atoms with Crippen LogP contribution in [0.3, 0.4) is 0 Å². The molecular weight excluding hydrogens is 1200 g/mol. The van der Waals surface area contributed by atoms with Crippen LogP contribution in [0.1, 0.15) is 90.0 Å². The number of carbonyl (C=O) groups excluding carboxylic acids is 3. The van der Waals surface area contributed by atoms with Crippen molar-refractivity contribution < 1.29 is 42.2 Å². The molecule has 2 aromatic rings. The molecule has 0 spiro atoms. The Bertz CT molecular complexity index is 2330. The van der Waals surface area contributed by atoms with Gasteiger partial charge in [-0.1, -0.05) is 47.5 Å². The van der Waals surface area contributed by atoms with Crippen LogP contribution in [0.4, 0.5) is 5.82 Å². The van der Waals surface area contributed by atoms with Crippen molar-refractivity contribution in [2.45, 2.75) is 133 Å². The number of rotatable bonds is 17. The Hall–Kier alpha value is -4.96. The first-order valence-corrected chi connectivity index (χ1v) is 35.8. The van der Waals surface area contributed by atoms with Gasteiger partial charge in [0.25, 0.3) is 0 Å². The van der Waals surface area contributed by atoms with Gasteiger partial charge in [-0.3, -0.25) is 29.1 Å². The fraction of sp³-hybridized carbons (Fsp3) is 0.746. The smallest absolute Gasteiger partial charge is 0.233 e. The van der Waals surface area contributed by atoms with Gasteiger partial charge in [-0.05, 0) is 131 Å². The molecule has 5 aliphatic heterocycles. The molecule has 1 aromatic carbocycles. The SMILES string of the molecule is C#CCN1CCC(NC)C1.CN1CCN(c2ccccn2)CC1.CNC(=O)CN1CCOCC1.CNC(C)=O.CNC1CCC(OC/C=N/O)CC1.CNC1CCC(OCCN)CC1.CNC1CCN(C(C)=O)C1.CNC1CCN(Cc2ccccc2)C1.CS(C)(=O)=O. The third kappa shape index (κ3) is 45.2. The first-order valence-electron chi connectivity index (χ1n) is 33.5. The molecule has 6 heterocycles. The molecule has 1 aromatic heterocycles. The van der Waals surface area contributed by atoms with Crippen LogP contribution in [-0.2, 0) is 45.0 Å². The minimum atomic E-state index is -2.67. The van der Waals surface area contributed by atoms with E-state index in [4.69, 9.17) is 31.6 Å². The van der Waals surface area contributed by atoms with Crippen LogP contribution in [0.15, 0.2) is 59.9 Å². The van der Waals surface area contributed by atoms with Crippen molar-refractivity contribution >= 4 is 39.6 Å². The van der Waals surface area contributed by atoms with Gasteiger partial charge >= 0.3 is 0 Å². The number of aromatic nitrogens is 1. The quantitative estimate of drug-likeness (QED) is 0.0474. The summed E-state index contributed by atoms with van der Waals surface area (Å²) in [6.07, 6.45) is 24.6. The average Bonchev–Trinajstić information content (AvgIpc) is 3.54. The molecule has 93 heavy (non-hydrogen) atoms. The average molecular weight is 1330 g/mol. The molecule has 7 aliphatic rings. The zero-order valence-corrected chi connectivity index (χ0v) is 59.9.